The first kappa shape index (κ1) is 67.3. The van der Waals surface area contributed by atoms with E-state index < -0.39 is 99.9 Å². The van der Waals surface area contributed by atoms with Crippen molar-refractivity contribution >= 4 is 76.2 Å². The van der Waals surface area contributed by atoms with Gasteiger partial charge in [-0.2, -0.15) is 24.6 Å². The van der Waals surface area contributed by atoms with Crippen LogP contribution in [0.5, 0.6) is 0 Å². The number of hydrogen-bond acceptors (Lipinski definition) is 27. The molecule has 0 saturated carbocycles. The fourth-order valence-electron chi connectivity index (χ4n) is 7.98. The number of aliphatic hydroxyl groups excluding tert-OH is 5. The first-order valence-electron chi connectivity index (χ1n) is 25.8. The zero-order valence-electron chi connectivity index (χ0n) is 45.7. The fraction of sp³-hybridized carbons (Fsp3) is 0.591. The summed E-state index contributed by atoms with van der Waals surface area (Å²) in [6, 6.07) is -1.63. The summed E-state index contributed by atoms with van der Waals surface area (Å²) in [7, 11) is 0. The number of aliphatic hydroxyl groups is 5. The molecule has 0 fully saturated rings. The number of amides is 2. The maximum Gasteiger partial charge on any atom is 0.475 e. The summed E-state index contributed by atoms with van der Waals surface area (Å²) in [5.74, 6) is -1.67. The number of H-pyrrole nitrogens is 3. The van der Waals surface area contributed by atoms with Crippen LogP contribution >= 0.6 is 0 Å². The van der Waals surface area contributed by atoms with E-state index in [1.165, 1.54) is 20.8 Å². The monoisotopic (exact) mass is 1200 g/mol. The van der Waals surface area contributed by atoms with E-state index >= 15 is 0 Å². The highest BCUT2D eigenvalue weighted by atomic mass is 17.0. The molecule has 3 aliphatic rings. The van der Waals surface area contributed by atoms with Gasteiger partial charge in [0.2, 0.25) is 42.4 Å². The maximum atomic E-state index is 12.3. The number of carbonyl (C=O) groups excluding carboxylic acids is 3. The number of nitrogens with zero attached hydrogens (tertiary/aromatic N) is 8. The van der Waals surface area contributed by atoms with Crippen LogP contribution in [0.4, 0.5) is 41.0 Å². The molecule has 0 saturated heterocycles. The van der Waals surface area contributed by atoms with E-state index in [1.54, 1.807) is 0 Å². The summed E-state index contributed by atoms with van der Waals surface area (Å²) in [5, 5.41) is 79.7. The largest absolute Gasteiger partial charge is 0.475 e. The second kappa shape index (κ2) is 31.8. The molecule has 3 aromatic heterocycles. The Morgan fingerprint density at radius 1 is 0.702 bits per heavy atom. The molecular formula is C44H73N23O17+2. The van der Waals surface area contributed by atoms with E-state index in [4.69, 9.17) is 44.8 Å². The summed E-state index contributed by atoms with van der Waals surface area (Å²) < 4.78 is 0. The Kier molecular flexibility index (Phi) is 25.5. The van der Waals surface area contributed by atoms with E-state index in [0.29, 0.717) is 62.3 Å². The molecule has 0 aliphatic carbocycles. The third kappa shape index (κ3) is 21.0. The number of Topliss-reactive ketones (excluding diaryl/α,β-unsaturated/α-hetero) is 1. The van der Waals surface area contributed by atoms with Crippen molar-refractivity contribution in [3.05, 3.63) is 52.0 Å². The van der Waals surface area contributed by atoms with Crippen LogP contribution in [0.25, 0.3) is 0 Å². The lowest BCUT2D eigenvalue weighted by Gasteiger charge is -2.30. The van der Waals surface area contributed by atoms with Gasteiger partial charge in [-0.25, -0.2) is 15.4 Å². The lowest BCUT2D eigenvalue weighted by molar-refractivity contribution is -0.994. The van der Waals surface area contributed by atoms with E-state index in [-0.39, 0.29) is 97.0 Å². The number of carbonyl (C=O) groups is 3. The van der Waals surface area contributed by atoms with Crippen LogP contribution in [-0.4, -0.2) is 206 Å². The fourth-order valence-corrected chi connectivity index (χ4v) is 7.98. The van der Waals surface area contributed by atoms with Gasteiger partial charge in [0.15, 0.2) is 29.2 Å². The summed E-state index contributed by atoms with van der Waals surface area (Å²) in [5.41, 5.74) is 31.7. The minimum absolute atomic E-state index is 0.0181. The number of fused-ring (bicyclic) bond motifs is 3. The standard InChI is InChI=1S/C16H28N8O4.C16H26N8O4.C12H18N7O9/c2*1-7(25)11(26)8-5-9-12(21-6-8)22-16(23-13(9)27)24-14(28)10(17)3-2-4-20-15(18)19;1-5(20)9(21)7-3-13-10-8(15-7)11(22)17-12(16-10)14-2-6(28-19(25)26)4-27-18(23)24/h7-8,10-11,25-26H,2-6,17H2,1H3,(H4,18,19,20)(H3,21,22,23,24,27,28);7-8,10,25H,2-6,17H2,1H3,(H4,18,19,20)(H3,21,22,23,24,27,28);5-6,9,20-21H,2-4H2,1H3,(H4-,13,14,16,17,22,23,24,25,26)/q;;+1/p+1/t7-,8?,10-,11-;7-,8?,10-;/m00./s1. The van der Waals surface area contributed by atoms with E-state index in [9.17, 15) is 64.1 Å². The lowest BCUT2D eigenvalue weighted by Crippen LogP contribution is -2.41. The molecule has 0 bridgehead atoms. The number of nitrogens with two attached hydrogens (primary N) is 6. The van der Waals surface area contributed by atoms with Crippen molar-refractivity contribution in [1.29, 1.82) is 0 Å². The molecule has 6 heterocycles. The van der Waals surface area contributed by atoms with Crippen molar-refractivity contribution in [2.24, 2.45) is 61.2 Å². The van der Waals surface area contributed by atoms with E-state index in [1.807, 2.05) is 0 Å². The molecule has 84 heavy (non-hydrogen) atoms. The Morgan fingerprint density at radius 3 is 1.70 bits per heavy atom. The number of guanidine groups is 2. The number of aromatic nitrogens is 6. The van der Waals surface area contributed by atoms with Crippen LogP contribution < -0.4 is 83.0 Å². The van der Waals surface area contributed by atoms with Crippen molar-refractivity contribution in [2.75, 3.05) is 77.8 Å². The van der Waals surface area contributed by atoms with Crippen LogP contribution in [0.2, 0.25) is 0 Å². The Morgan fingerprint density at radius 2 is 1.21 bits per heavy atom. The zero-order chi connectivity index (χ0) is 62.5. The number of ketones is 1. The molecule has 0 aromatic carbocycles. The van der Waals surface area contributed by atoms with Crippen molar-refractivity contribution in [3.8, 4) is 0 Å². The smallest absolute Gasteiger partial charge is 0.391 e. The van der Waals surface area contributed by atoms with Gasteiger partial charge in [-0.3, -0.25) is 64.3 Å². The lowest BCUT2D eigenvalue weighted by atomic mass is 9.89. The van der Waals surface area contributed by atoms with Crippen LogP contribution in [0.3, 0.4) is 0 Å². The molecule has 10 atom stereocenters. The second-order valence-corrected chi connectivity index (χ2v) is 19.1. The third-order valence-electron chi connectivity index (χ3n) is 12.4. The highest BCUT2D eigenvalue weighted by molar-refractivity contribution is 5.98. The molecule has 464 valence electrons. The average Bonchev–Trinajstić information content (AvgIpc) is 2.43. The highest BCUT2D eigenvalue weighted by Crippen LogP contribution is 2.26. The quantitative estimate of drug-likeness (QED) is 0.0154. The maximum absolute atomic E-state index is 12.3. The molecule has 2 amide bonds. The van der Waals surface area contributed by atoms with Gasteiger partial charge in [-0.15, -0.1) is 0 Å². The van der Waals surface area contributed by atoms with E-state index in [0.717, 1.165) is 0 Å². The molecule has 3 aromatic rings. The van der Waals surface area contributed by atoms with E-state index in [2.05, 4.69) is 86.5 Å². The van der Waals surface area contributed by atoms with Gasteiger partial charge >= 0.3 is 10.2 Å². The van der Waals surface area contributed by atoms with Gasteiger partial charge < -0.3 is 81.2 Å². The van der Waals surface area contributed by atoms with Gasteiger partial charge in [0.25, 0.3) is 16.7 Å². The molecule has 40 nitrogen and oxygen atoms in total. The highest BCUT2D eigenvalue weighted by Gasteiger charge is 2.33. The van der Waals surface area contributed by atoms with Crippen molar-refractivity contribution in [1.82, 2.24) is 29.9 Å². The summed E-state index contributed by atoms with van der Waals surface area (Å²) >= 11 is 0. The predicted molar refractivity (Wildman–Crippen MR) is 297 cm³/mol. The molecule has 0 radical (unpaired) electrons. The molecule has 28 N–H and O–H groups in total. The Hall–Kier alpha value is -9.22. The van der Waals surface area contributed by atoms with Crippen LogP contribution in [0, 0.1) is 21.6 Å². The van der Waals surface area contributed by atoms with Crippen LogP contribution in [0.1, 0.15) is 57.6 Å². The van der Waals surface area contributed by atoms with Gasteiger partial charge in [-0.05, 0) is 59.3 Å². The third-order valence-corrected chi connectivity index (χ3v) is 12.4. The van der Waals surface area contributed by atoms with Crippen molar-refractivity contribution < 1.29 is 70.2 Å². The average molecular weight is 1200 g/mol. The number of aliphatic imine (C=N–C) groups is 3. The molecule has 5 unspecified atom stereocenters. The second-order valence-electron chi connectivity index (χ2n) is 19.1. The molecule has 3 aliphatic heterocycles. The molecule has 6 rings (SSSR count). The molecule has 40 heteroatoms. The van der Waals surface area contributed by atoms with Crippen molar-refractivity contribution in [2.45, 2.75) is 108 Å². The minimum Gasteiger partial charge on any atom is -0.391 e. The molecular weight excluding hydrogens is 1120 g/mol. The Bertz CT molecular complexity index is 3050. The first-order valence-corrected chi connectivity index (χ1v) is 25.8. The number of aromatic amines is 3. The molecule has 0 spiro atoms. The number of anilines is 6. The predicted octanol–water partition coefficient (Wildman–Crippen LogP) is -6.97. The first-order chi connectivity index (χ1) is 39.5. The summed E-state index contributed by atoms with van der Waals surface area (Å²) in [6.45, 7) is 4.70. The number of hydrogen-bond donors (Lipinski definition) is 22. The SMILES string of the molecule is CC(O)C(O)C1=Nc2c(nc(NCC(CO[N+](=O)O)O[N+](=O)O)[nH]c2=O)NC1.C[C@H](O)C(=O)C1CNc2nc(NC(=O)[C@@H](N)CCCN=C(N)N)[nH]c(=O)c2C1.C[C@H](O)[C@H](O)C1CNc2nc(NC(=O)[C@@H](N)CCCN=C(N)N)[nH]c(=O)c2C1. The van der Waals surface area contributed by atoms with Gasteiger partial charge in [0.1, 0.15) is 33.7 Å². The van der Waals surface area contributed by atoms with Crippen LogP contribution in [-0.2, 0) is 36.9 Å². The minimum atomic E-state index is -1.25. The van der Waals surface area contributed by atoms with Crippen molar-refractivity contribution in [3.63, 3.8) is 0 Å². The Balaban J connectivity index is 0.000000270. The van der Waals surface area contributed by atoms with Crippen LogP contribution in [0.15, 0.2) is 29.4 Å². The van der Waals surface area contributed by atoms with Gasteiger partial charge in [-0.1, -0.05) is 0 Å². The van der Waals surface area contributed by atoms with Gasteiger partial charge in [0, 0.05) is 38.0 Å². The Labute approximate surface area is 474 Å². The zero-order valence-corrected chi connectivity index (χ0v) is 45.7. The summed E-state index contributed by atoms with van der Waals surface area (Å²) in [4.78, 5) is 134. The normalized spacial score (nSPS) is 17.5. The summed E-state index contributed by atoms with van der Waals surface area (Å²) in [6.07, 6.45) is -4.39. The topological polar surface area (TPSA) is 654 Å². The number of nitrogens with one attached hydrogen (secondary N) is 9. The van der Waals surface area contributed by atoms with Gasteiger partial charge in [0.05, 0.1) is 60.3 Å². The number of rotatable bonds is 26.